The quantitative estimate of drug-likeness (QED) is 0.837. The third-order valence-electron chi connectivity index (χ3n) is 3.53. The maximum Gasteiger partial charge on any atom is 0.344 e. The first-order chi connectivity index (χ1) is 11.8. The van der Waals surface area contributed by atoms with E-state index in [-0.39, 0.29) is 11.5 Å². The van der Waals surface area contributed by atoms with Gasteiger partial charge in [0, 0.05) is 11.6 Å². The lowest BCUT2D eigenvalue weighted by Gasteiger charge is -2.14. The average Bonchev–Trinajstić information content (AvgIpc) is 2.96. The molecule has 7 nitrogen and oxygen atoms in total. The minimum Gasteiger partial charge on any atom is -0.449 e. The number of hydrogen-bond acceptors (Lipinski definition) is 6. The number of amides is 1. The van der Waals surface area contributed by atoms with Crippen LogP contribution < -0.4 is 5.32 Å². The zero-order chi connectivity index (χ0) is 18.6. The van der Waals surface area contributed by atoms with Crippen molar-refractivity contribution in [2.24, 2.45) is 0 Å². The van der Waals surface area contributed by atoms with Crippen molar-refractivity contribution in [1.82, 2.24) is 5.16 Å². The standard InChI is InChI=1S/C18H19N3O4/c1-10(2)16-15(11(3)21-25-16)18(23)24-12(4)17(22)20-14-7-5-6-13(8-14)9-19/h5-8,10,12H,1-4H3,(H,20,22)/t12-/m1/s1. The van der Waals surface area contributed by atoms with E-state index in [0.717, 1.165) is 0 Å². The van der Waals surface area contributed by atoms with Crippen LogP contribution in [0.1, 0.15) is 54.1 Å². The van der Waals surface area contributed by atoms with Gasteiger partial charge in [0.05, 0.1) is 17.3 Å². The van der Waals surface area contributed by atoms with Crippen LogP contribution in [0.4, 0.5) is 5.69 Å². The van der Waals surface area contributed by atoms with Crippen LogP contribution in [0.2, 0.25) is 0 Å². The lowest BCUT2D eigenvalue weighted by molar-refractivity contribution is -0.123. The zero-order valence-corrected chi connectivity index (χ0v) is 14.5. The Balaban J connectivity index is 2.07. The van der Waals surface area contributed by atoms with Gasteiger partial charge < -0.3 is 14.6 Å². The van der Waals surface area contributed by atoms with E-state index in [2.05, 4.69) is 10.5 Å². The van der Waals surface area contributed by atoms with E-state index in [1.165, 1.54) is 13.0 Å². The molecule has 0 saturated heterocycles. The van der Waals surface area contributed by atoms with Gasteiger partial charge in [-0.2, -0.15) is 5.26 Å². The summed E-state index contributed by atoms with van der Waals surface area (Å²) in [7, 11) is 0. The molecule has 0 saturated carbocycles. The molecule has 1 atom stereocenters. The number of rotatable bonds is 5. The van der Waals surface area contributed by atoms with Crippen molar-refractivity contribution in [2.75, 3.05) is 5.32 Å². The van der Waals surface area contributed by atoms with Gasteiger partial charge >= 0.3 is 5.97 Å². The van der Waals surface area contributed by atoms with Gasteiger partial charge in [0.2, 0.25) is 0 Å². The molecule has 0 fully saturated rings. The Hall–Kier alpha value is -3.14. The number of esters is 1. The van der Waals surface area contributed by atoms with E-state index in [9.17, 15) is 9.59 Å². The SMILES string of the molecule is Cc1noc(C(C)C)c1C(=O)O[C@H](C)C(=O)Nc1cccc(C#N)c1. The second-order valence-electron chi connectivity index (χ2n) is 5.89. The highest BCUT2D eigenvalue weighted by atomic mass is 16.5. The first kappa shape index (κ1) is 18.2. The van der Waals surface area contributed by atoms with Gasteiger partial charge in [-0.15, -0.1) is 0 Å². The molecule has 1 heterocycles. The number of hydrogen-bond donors (Lipinski definition) is 1. The van der Waals surface area contributed by atoms with Crippen LogP contribution in [0, 0.1) is 18.3 Å². The first-order valence-electron chi connectivity index (χ1n) is 7.81. The van der Waals surface area contributed by atoms with Crippen molar-refractivity contribution in [3.8, 4) is 6.07 Å². The van der Waals surface area contributed by atoms with E-state index in [4.69, 9.17) is 14.5 Å². The monoisotopic (exact) mass is 341 g/mol. The molecule has 0 radical (unpaired) electrons. The summed E-state index contributed by atoms with van der Waals surface area (Å²) in [4.78, 5) is 24.6. The predicted molar refractivity (Wildman–Crippen MR) is 90.0 cm³/mol. The van der Waals surface area contributed by atoms with Crippen LogP contribution in [0.25, 0.3) is 0 Å². The fourth-order valence-electron chi connectivity index (χ4n) is 2.21. The minimum absolute atomic E-state index is 0.0402. The fraction of sp³-hybridized carbons (Fsp3) is 0.333. The summed E-state index contributed by atoms with van der Waals surface area (Å²) in [6.07, 6.45) is -1.02. The summed E-state index contributed by atoms with van der Waals surface area (Å²) < 4.78 is 10.4. The van der Waals surface area contributed by atoms with Gasteiger partial charge in [-0.1, -0.05) is 25.1 Å². The van der Waals surface area contributed by atoms with Crippen LogP contribution in [0.15, 0.2) is 28.8 Å². The number of nitriles is 1. The van der Waals surface area contributed by atoms with Gasteiger partial charge in [-0.3, -0.25) is 4.79 Å². The molecular weight excluding hydrogens is 322 g/mol. The number of carbonyl (C=O) groups excluding carboxylic acids is 2. The molecule has 130 valence electrons. The molecule has 0 aliphatic rings. The van der Waals surface area contributed by atoms with Gasteiger partial charge in [0.15, 0.2) is 11.9 Å². The second-order valence-corrected chi connectivity index (χ2v) is 5.89. The number of benzene rings is 1. The molecule has 0 bridgehead atoms. The normalized spacial score (nSPS) is 11.7. The molecule has 0 spiro atoms. The number of carbonyl (C=O) groups is 2. The average molecular weight is 341 g/mol. The number of aromatic nitrogens is 1. The molecule has 1 N–H and O–H groups in total. The van der Waals surface area contributed by atoms with Crippen molar-refractivity contribution in [1.29, 1.82) is 5.26 Å². The van der Waals surface area contributed by atoms with Crippen LogP contribution in [-0.2, 0) is 9.53 Å². The lowest BCUT2D eigenvalue weighted by Crippen LogP contribution is -2.30. The van der Waals surface area contributed by atoms with Crippen LogP contribution in [0.3, 0.4) is 0 Å². The summed E-state index contributed by atoms with van der Waals surface area (Å²) in [5, 5.41) is 15.3. The molecule has 25 heavy (non-hydrogen) atoms. The molecule has 1 aromatic carbocycles. The largest absolute Gasteiger partial charge is 0.449 e. The maximum atomic E-state index is 12.4. The molecule has 2 rings (SSSR count). The van der Waals surface area contributed by atoms with Gasteiger partial charge in [-0.25, -0.2) is 4.79 Å². The Bertz CT molecular complexity index is 833. The number of aryl methyl sites for hydroxylation is 1. The zero-order valence-electron chi connectivity index (χ0n) is 14.5. The summed E-state index contributed by atoms with van der Waals surface area (Å²) >= 11 is 0. The number of nitrogens with zero attached hydrogens (tertiary/aromatic N) is 2. The highest BCUT2D eigenvalue weighted by molar-refractivity contribution is 5.98. The summed E-state index contributed by atoms with van der Waals surface area (Å²) in [6.45, 7) is 6.85. The second kappa shape index (κ2) is 7.62. The Kier molecular flexibility index (Phi) is 5.55. The Labute approximate surface area is 145 Å². The van der Waals surface area contributed by atoms with E-state index in [1.807, 2.05) is 19.9 Å². The van der Waals surface area contributed by atoms with E-state index >= 15 is 0 Å². The minimum atomic E-state index is -1.02. The fourth-order valence-corrected chi connectivity index (χ4v) is 2.21. The van der Waals surface area contributed by atoms with Crippen LogP contribution >= 0.6 is 0 Å². The van der Waals surface area contributed by atoms with Crippen LogP contribution in [0.5, 0.6) is 0 Å². The third-order valence-corrected chi connectivity index (χ3v) is 3.53. The Morgan fingerprint density at radius 3 is 2.68 bits per heavy atom. The van der Waals surface area contributed by atoms with E-state index in [1.54, 1.807) is 25.1 Å². The van der Waals surface area contributed by atoms with E-state index in [0.29, 0.717) is 22.7 Å². The Morgan fingerprint density at radius 2 is 2.04 bits per heavy atom. The number of anilines is 1. The summed E-state index contributed by atoms with van der Waals surface area (Å²) in [5.41, 5.74) is 1.55. The van der Waals surface area contributed by atoms with Crippen LogP contribution in [-0.4, -0.2) is 23.1 Å². The van der Waals surface area contributed by atoms with Crippen molar-refractivity contribution in [2.45, 2.75) is 39.7 Å². The van der Waals surface area contributed by atoms with Gasteiger partial charge in [-0.05, 0) is 32.0 Å². The first-order valence-corrected chi connectivity index (χ1v) is 7.81. The Morgan fingerprint density at radius 1 is 1.32 bits per heavy atom. The smallest absolute Gasteiger partial charge is 0.344 e. The highest BCUT2D eigenvalue weighted by Crippen LogP contribution is 2.23. The summed E-state index contributed by atoms with van der Waals surface area (Å²) in [5.74, 6) is -0.766. The molecule has 0 aliphatic heterocycles. The number of nitrogens with one attached hydrogen (secondary N) is 1. The predicted octanol–water partition coefficient (Wildman–Crippen LogP) is 3.16. The van der Waals surface area contributed by atoms with Gasteiger partial charge in [0.1, 0.15) is 5.56 Å². The maximum absolute atomic E-state index is 12.4. The topological polar surface area (TPSA) is 105 Å². The molecule has 1 amide bonds. The molecule has 0 unspecified atom stereocenters. The van der Waals surface area contributed by atoms with Crippen molar-refractivity contribution in [3.63, 3.8) is 0 Å². The highest BCUT2D eigenvalue weighted by Gasteiger charge is 2.27. The van der Waals surface area contributed by atoms with Crippen molar-refractivity contribution >= 4 is 17.6 Å². The molecular formula is C18H19N3O4. The molecule has 1 aromatic heterocycles. The summed E-state index contributed by atoms with van der Waals surface area (Å²) in [6, 6.07) is 8.45. The lowest BCUT2D eigenvalue weighted by atomic mass is 10.1. The molecule has 7 heteroatoms. The third kappa shape index (κ3) is 4.23. The van der Waals surface area contributed by atoms with Gasteiger partial charge in [0.25, 0.3) is 5.91 Å². The molecule has 2 aromatic rings. The number of ether oxygens (including phenoxy) is 1. The van der Waals surface area contributed by atoms with E-state index < -0.39 is 18.0 Å². The molecule has 0 aliphatic carbocycles. The van der Waals surface area contributed by atoms with Crippen molar-refractivity contribution < 1.29 is 18.8 Å². The van der Waals surface area contributed by atoms with Crippen molar-refractivity contribution in [3.05, 3.63) is 46.8 Å².